The summed E-state index contributed by atoms with van der Waals surface area (Å²) in [7, 11) is 2.43. The van der Waals surface area contributed by atoms with Crippen molar-refractivity contribution in [2.75, 3.05) is 46.0 Å². The average Bonchev–Trinajstić information content (AvgIpc) is 2.61. The van der Waals surface area contributed by atoms with E-state index in [9.17, 15) is 4.79 Å². The molecule has 148 valence electrons. The molecule has 0 heterocycles. The summed E-state index contributed by atoms with van der Waals surface area (Å²) in [6.45, 7) is 4.55. The van der Waals surface area contributed by atoms with Crippen LogP contribution in [0.1, 0.15) is 26.7 Å². The molecule has 1 atom stereocenters. The predicted molar refractivity (Wildman–Crippen MR) is 110 cm³/mol. The van der Waals surface area contributed by atoms with Crippen LogP contribution in [0.3, 0.4) is 0 Å². The summed E-state index contributed by atoms with van der Waals surface area (Å²) in [5.41, 5.74) is 0. The molecule has 0 aromatic carbocycles. The second kappa shape index (κ2) is 15.2. The zero-order valence-electron chi connectivity index (χ0n) is 15.7. The number of thiocarbonyl (C=S) groups is 1. The van der Waals surface area contributed by atoms with Gasteiger partial charge in [0.1, 0.15) is 5.25 Å². The number of thioether (sulfide) groups is 2. The molecule has 0 saturated heterocycles. The first kappa shape index (κ1) is 25.2. The standard InChI is InChI=1S/C15H30O6S3Si/c1-6-20-15(22)24-13(2)14(16)21-9-7-10-23-11-8-12-25(17-3,18-4)19-5/h13H,6-12H2,1-5H3. The first-order chi connectivity index (χ1) is 11.9. The highest BCUT2D eigenvalue weighted by molar-refractivity contribution is 8.23. The van der Waals surface area contributed by atoms with Gasteiger partial charge in [-0.15, -0.1) is 0 Å². The molecule has 0 fully saturated rings. The molecule has 0 aromatic heterocycles. The lowest BCUT2D eigenvalue weighted by Crippen LogP contribution is -2.42. The minimum atomic E-state index is -2.45. The van der Waals surface area contributed by atoms with E-state index in [1.54, 1.807) is 28.3 Å². The van der Waals surface area contributed by atoms with E-state index >= 15 is 0 Å². The van der Waals surface area contributed by atoms with Gasteiger partial charge >= 0.3 is 14.8 Å². The molecular weight excluding hydrogens is 400 g/mol. The number of rotatable bonds is 14. The van der Waals surface area contributed by atoms with E-state index in [-0.39, 0.29) is 11.2 Å². The van der Waals surface area contributed by atoms with Gasteiger partial charge in [0, 0.05) is 27.4 Å². The molecule has 0 aliphatic carbocycles. The second-order valence-corrected chi connectivity index (χ2v) is 11.2. The molecule has 10 heteroatoms. The Labute approximate surface area is 166 Å². The minimum Gasteiger partial charge on any atom is -0.479 e. The monoisotopic (exact) mass is 430 g/mol. The fraction of sp³-hybridized carbons (Fsp3) is 0.867. The Morgan fingerprint density at radius 2 is 1.68 bits per heavy atom. The van der Waals surface area contributed by atoms with Crippen LogP contribution in [0.25, 0.3) is 0 Å². The van der Waals surface area contributed by atoms with Crippen molar-refractivity contribution < 1.29 is 27.5 Å². The molecule has 0 N–H and O–H groups in total. The van der Waals surface area contributed by atoms with Gasteiger partial charge in [0.15, 0.2) is 0 Å². The molecule has 0 aromatic rings. The molecule has 0 bridgehead atoms. The van der Waals surface area contributed by atoms with Crippen LogP contribution in [-0.2, 0) is 27.5 Å². The van der Waals surface area contributed by atoms with Crippen LogP contribution >= 0.6 is 35.7 Å². The van der Waals surface area contributed by atoms with E-state index in [0.717, 1.165) is 30.4 Å². The third kappa shape index (κ3) is 11.5. The highest BCUT2D eigenvalue weighted by atomic mass is 32.2. The van der Waals surface area contributed by atoms with Crippen molar-refractivity contribution in [3.05, 3.63) is 0 Å². The summed E-state index contributed by atoms with van der Waals surface area (Å²) in [4.78, 5) is 11.8. The van der Waals surface area contributed by atoms with Crippen LogP contribution in [0.5, 0.6) is 0 Å². The molecule has 0 aliphatic heterocycles. The maximum Gasteiger partial charge on any atom is 0.500 e. The lowest BCUT2D eigenvalue weighted by molar-refractivity contribution is -0.142. The Hall–Kier alpha value is 0.157. The van der Waals surface area contributed by atoms with Gasteiger partial charge in [0.05, 0.1) is 13.2 Å². The van der Waals surface area contributed by atoms with E-state index < -0.39 is 8.80 Å². The van der Waals surface area contributed by atoms with E-state index in [4.69, 9.17) is 35.0 Å². The van der Waals surface area contributed by atoms with Crippen molar-refractivity contribution in [1.29, 1.82) is 0 Å². The highest BCUT2D eigenvalue weighted by Crippen LogP contribution is 2.18. The Balaban J connectivity index is 3.69. The van der Waals surface area contributed by atoms with E-state index in [2.05, 4.69) is 0 Å². The van der Waals surface area contributed by atoms with E-state index in [1.165, 1.54) is 11.8 Å². The maximum absolute atomic E-state index is 11.8. The lowest BCUT2D eigenvalue weighted by Gasteiger charge is -2.24. The van der Waals surface area contributed by atoms with Crippen molar-refractivity contribution in [3.8, 4) is 0 Å². The fourth-order valence-corrected chi connectivity index (χ4v) is 5.89. The van der Waals surface area contributed by atoms with Gasteiger partial charge in [-0.05, 0) is 50.4 Å². The second-order valence-electron chi connectivity index (χ2n) is 4.98. The summed E-state index contributed by atoms with van der Waals surface area (Å²) < 4.78 is 26.9. The van der Waals surface area contributed by atoms with Gasteiger partial charge in [-0.25, -0.2) is 0 Å². The van der Waals surface area contributed by atoms with Gasteiger partial charge in [-0.1, -0.05) is 11.8 Å². The van der Waals surface area contributed by atoms with Crippen LogP contribution in [0.15, 0.2) is 0 Å². The van der Waals surface area contributed by atoms with Crippen LogP contribution < -0.4 is 0 Å². The summed E-state index contributed by atoms with van der Waals surface area (Å²) in [5, 5.41) is -0.345. The van der Waals surface area contributed by atoms with E-state index in [0.29, 0.717) is 17.6 Å². The number of ether oxygens (including phenoxy) is 2. The third-order valence-electron chi connectivity index (χ3n) is 3.25. The Morgan fingerprint density at radius 1 is 1.08 bits per heavy atom. The number of hydrogen-bond donors (Lipinski definition) is 0. The topological polar surface area (TPSA) is 63.2 Å². The third-order valence-corrected chi connectivity index (χ3v) is 8.50. The van der Waals surface area contributed by atoms with Crippen molar-refractivity contribution in [1.82, 2.24) is 0 Å². The first-order valence-corrected chi connectivity index (χ1v) is 12.5. The number of carbonyl (C=O) groups excluding carboxylic acids is 1. The van der Waals surface area contributed by atoms with Gasteiger partial charge in [0.25, 0.3) is 0 Å². The summed E-state index contributed by atoms with van der Waals surface area (Å²) in [6.07, 6.45) is 1.79. The molecule has 0 rings (SSSR count). The average molecular weight is 431 g/mol. The van der Waals surface area contributed by atoms with E-state index in [1.807, 2.05) is 18.7 Å². The van der Waals surface area contributed by atoms with Gasteiger partial charge in [-0.2, -0.15) is 11.8 Å². The summed E-state index contributed by atoms with van der Waals surface area (Å²) in [6, 6.07) is 0.799. The zero-order valence-corrected chi connectivity index (χ0v) is 19.2. The number of carbonyl (C=O) groups is 1. The zero-order chi connectivity index (χ0) is 19.1. The number of esters is 1. The van der Waals surface area contributed by atoms with Gasteiger partial charge in [0.2, 0.25) is 4.38 Å². The largest absolute Gasteiger partial charge is 0.500 e. The fourth-order valence-electron chi connectivity index (χ4n) is 1.84. The summed E-state index contributed by atoms with van der Waals surface area (Å²) in [5.74, 6) is 1.68. The molecule has 0 spiro atoms. The van der Waals surface area contributed by atoms with Crippen molar-refractivity contribution in [2.24, 2.45) is 0 Å². The molecule has 0 saturated carbocycles. The molecule has 0 radical (unpaired) electrons. The Kier molecular flexibility index (Phi) is 15.3. The van der Waals surface area contributed by atoms with Crippen LogP contribution in [0.2, 0.25) is 6.04 Å². The van der Waals surface area contributed by atoms with Crippen LogP contribution in [0, 0.1) is 0 Å². The predicted octanol–water partition coefficient (Wildman–Crippen LogP) is 3.36. The maximum atomic E-state index is 11.8. The van der Waals surface area contributed by atoms with Crippen molar-refractivity contribution in [3.63, 3.8) is 0 Å². The van der Waals surface area contributed by atoms with Crippen LogP contribution in [-0.4, -0.2) is 70.5 Å². The molecule has 0 aliphatic rings. The quantitative estimate of drug-likeness (QED) is 0.179. The minimum absolute atomic E-state index is 0.256. The SMILES string of the molecule is CCOC(=S)SC(C)C(=O)OCCCSCCC[Si](OC)(OC)OC. The molecule has 0 amide bonds. The summed E-state index contributed by atoms with van der Waals surface area (Å²) >= 11 is 8.04. The van der Waals surface area contributed by atoms with Gasteiger partial charge < -0.3 is 22.8 Å². The highest BCUT2D eigenvalue weighted by Gasteiger charge is 2.36. The smallest absolute Gasteiger partial charge is 0.479 e. The number of hydrogen-bond acceptors (Lipinski definition) is 9. The molecule has 25 heavy (non-hydrogen) atoms. The van der Waals surface area contributed by atoms with Crippen LogP contribution in [0.4, 0.5) is 0 Å². The lowest BCUT2D eigenvalue weighted by atomic mass is 10.5. The van der Waals surface area contributed by atoms with Crippen molar-refractivity contribution in [2.45, 2.75) is 38.0 Å². The van der Waals surface area contributed by atoms with Gasteiger partial charge in [-0.3, -0.25) is 4.79 Å². The Bertz CT molecular complexity index is 374. The molecule has 1 unspecified atom stereocenters. The molecule has 6 nitrogen and oxygen atoms in total. The van der Waals surface area contributed by atoms with Crippen molar-refractivity contribution >= 4 is 54.9 Å². The first-order valence-electron chi connectivity index (χ1n) is 8.17. The Morgan fingerprint density at radius 3 is 2.24 bits per heavy atom. The normalized spacial score (nSPS) is 12.7. The molecular formula is C15H30O6S3Si.